The fourth-order valence-electron chi connectivity index (χ4n) is 0.983. The Hall–Kier alpha value is -0.110. The van der Waals surface area contributed by atoms with Crippen LogP contribution in [0.2, 0.25) is 0 Å². The van der Waals surface area contributed by atoms with Crippen LogP contribution >= 0.6 is 11.8 Å². The molecule has 0 bridgehead atoms. The minimum atomic E-state index is 0.289. The maximum absolute atomic E-state index is 3.50. The van der Waals surface area contributed by atoms with Crippen LogP contribution in [-0.4, -0.2) is 5.37 Å². The summed E-state index contributed by atoms with van der Waals surface area (Å²) in [6.45, 7) is 12.9. The van der Waals surface area contributed by atoms with E-state index in [1.165, 1.54) is 12.1 Å². The van der Waals surface area contributed by atoms with Gasteiger partial charge in [-0.25, -0.2) is 0 Å². The molecule has 0 radical (unpaired) electrons. The van der Waals surface area contributed by atoms with Crippen LogP contribution in [0.5, 0.6) is 0 Å². The van der Waals surface area contributed by atoms with Crippen molar-refractivity contribution >= 4 is 11.8 Å². The minimum absolute atomic E-state index is 0.289. The second-order valence-electron chi connectivity index (χ2n) is 3.96. The molecular weight excluding hydrogens is 178 g/mol. The smallest absolute Gasteiger partial charge is 0.0758 e. The third-order valence-electron chi connectivity index (χ3n) is 1.85. The number of allylic oxidation sites excluding steroid dienone is 1. The second-order valence-corrected chi connectivity index (χ2v) is 5.04. The quantitative estimate of drug-likeness (QED) is 0.689. The van der Waals surface area contributed by atoms with Gasteiger partial charge in [0, 0.05) is 11.1 Å². The van der Waals surface area contributed by atoms with Crippen LogP contribution in [0.15, 0.2) is 11.1 Å². The van der Waals surface area contributed by atoms with E-state index in [4.69, 9.17) is 0 Å². The molecule has 1 atom stereocenters. The molecule has 0 aromatic heterocycles. The van der Waals surface area contributed by atoms with Crippen molar-refractivity contribution in [1.29, 1.82) is 0 Å². The van der Waals surface area contributed by atoms with Crippen LogP contribution in [0.1, 0.15) is 48.0 Å². The zero-order valence-electron chi connectivity index (χ0n) is 9.77. The van der Waals surface area contributed by atoms with E-state index in [0.29, 0.717) is 5.37 Å². The molecule has 0 amide bonds. The fraction of sp³-hybridized carbons (Fsp3) is 0.818. The van der Waals surface area contributed by atoms with Crippen molar-refractivity contribution in [3.63, 3.8) is 0 Å². The zero-order chi connectivity index (χ0) is 10.5. The predicted molar refractivity (Wildman–Crippen MR) is 63.7 cm³/mol. The van der Waals surface area contributed by atoms with Gasteiger partial charge in [-0.2, -0.15) is 0 Å². The Balaban J connectivity index is 0.000000671. The van der Waals surface area contributed by atoms with Gasteiger partial charge in [-0.05, 0) is 11.8 Å². The van der Waals surface area contributed by atoms with Gasteiger partial charge < -0.3 is 5.32 Å². The van der Waals surface area contributed by atoms with Crippen molar-refractivity contribution in [3.8, 4) is 0 Å². The first kappa shape index (κ1) is 12.9. The monoisotopic (exact) mass is 201 g/mol. The Bertz CT molecular complexity index is 167. The maximum Gasteiger partial charge on any atom is 0.0758 e. The molecule has 1 unspecified atom stereocenters. The summed E-state index contributed by atoms with van der Waals surface area (Å²) in [5.41, 5.74) is 1.67. The standard InChI is InChI=1S/C9H17NS.C2H6/c1-5-8-10-7(6-11-8)9(2,3)4;1-2/h6,8,10H,5H2,1-4H3;1-2H3. The van der Waals surface area contributed by atoms with Crippen molar-refractivity contribution in [2.75, 3.05) is 0 Å². The lowest BCUT2D eigenvalue weighted by atomic mass is 9.93. The molecule has 1 aliphatic heterocycles. The minimum Gasteiger partial charge on any atom is -0.375 e. The van der Waals surface area contributed by atoms with Crippen molar-refractivity contribution in [1.82, 2.24) is 5.32 Å². The molecule has 0 saturated carbocycles. The van der Waals surface area contributed by atoms with Gasteiger partial charge in [-0.1, -0.05) is 41.5 Å². The highest BCUT2D eigenvalue weighted by molar-refractivity contribution is 8.02. The van der Waals surface area contributed by atoms with E-state index >= 15 is 0 Å². The molecule has 2 heteroatoms. The average Bonchev–Trinajstić information content (AvgIpc) is 2.54. The van der Waals surface area contributed by atoms with Gasteiger partial charge in [0.1, 0.15) is 0 Å². The van der Waals surface area contributed by atoms with E-state index in [1.54, 1.807) is 0 Å². The van der Waals surface area contributed by atoms with Crippen molar-refractivity contribution in [2.45, 2.75) is 53.3 Å². The lowest BCUT2D eigenvalue weighted by molar-refractivity contribution is 0.459. The average molecular weight is 201 g/mol. The Morgan fingerprint density at radius 1 is 1.38 bits per heavy atom. The van der Waals surface area contributed by atoms with Gasteiger partial charge in [-0.15, -0.1) is 11.8 Å². The van der Waals surface area contributed by atoms with Crippen LogP contribution < -0.4 is 5.32 Å². The molecule has 13 heavy (non-hydrogen) atoms. The summed E-state index contributed by atoms with van der Waals surface area (Å²) in [5, 5.41) is 6.38. The molecule has 1 nitrogen and oxygen atoms in total. The fourth-order valence-corrected chi connectivity index (χ4v) is 2.09. The Morgan fingerprint density at radius 3 is 2.15 bits per heavy atom. The van der Waals surface area contributed by atoms with Crippen LogP contribution in [0, 0.1) is 5.41 Å². The molecule has 0 aromatic rings. The summed E-state index contributed by atoms with van der Waals surface area (Å²) in [6, 6.07) is 0. The second kappa shape index (κ2) is 5.58. The lowest BCUT2D eigenvalue weighted by Crippen LogP contribution is -2.26. The highest BCUT2D eigenvalue weighted by Crippen LogP contribution is 2.33. The summed E-state index contributed by atoms with van der Waals surface area (Å²) >= 11 is 1.90. The summed E-state index contributed by atoms with van der Waals surface area (Å²) in [5.74, 6) is 0. The molecule has 78 valence electrons. The van der Waals surface area contributed by atoms with Gasteiger partial charge in [0.15, 0.2) is 0 Å². The first-order valence-electron chi connectivity index (χ1n) is 5.16. The summed E-state index contributed by atoms with van der Waals surface area (Å²) in [7, 11) is 0. The SMILES string of the molecule is CC.CCC1NC(C(C)(C)C)=CS1. The lowest BCUT2D eigenvalue weighted by Gasteiger charge is -2.22. The molecule has 0 spiro atoms. The largest absolute Gasteiger partial charge is 0.375 e. The molecule has 0 fully saturated rings. The van der Waals surface area contributed by atoms with Gasteiger partial charge in [0.25, 0.3) is 0 Å². The molecule has 1 aliphatic rings. The Labute approximate surface area is 87.4 Å². The van der Waals surface area contributed by atoms with Crippen LogP contribution in [-0.2, 0) is 0 Å². The summed E-state index contributed by atoms with van der Waals surface area (Å²) in [4.78, 5) is 0. The van der Waals surface area contributed by atoms with E-state index in [0.717, 1.165) is 0 Å². The topological polar surface area (TPSA) is 12.0 Å². The molecular formula is C11H23NS. The molecule has 1 N–H and O–H groups in total. The van der Waals surface area contributed by atoms with E-state index in [1.807, 2.05) is 25.6 Å². The first-order valence-corrected chi connectivity index (χ1v) is 6.11. The number of nitrogens with one attached hydrogen (secondary N) is 1. The summed E-state index contributed by atoms with van der Waals surface area (Å²) < 4.78 is 0. The predicted octanol–water partition coefficient (Wildman–Crippen LogP) is 3.97. The van der Waals surface area contributed by atoms with E-state index in [-0.39, 0.29) is 5.41 Å². The van der Waals surface area contributed by atoms with Gasteiger partial charge >= 0.3 is 0 Å². The molecule has 0 aromatic carbocycles. The molecule has 0 saturated heterocycles. The van der Waals surface area contributed by atoms with Crippen molar-refractivity contribution in [3.05, 3.63) is 11.1 Å². The third-order valence-corrected chi connectivity index (χ3v) is 3.00. The third kappa shape index (κ3) is 4.08. The Kier molecular flexibility index (Phi) is 5.54. The van der Waals surface area contributed by atoms with E-state index < -0.39 is 0 Å². The maximum atomic E-state index is 3.50. The highest BCUT2D eigenvalue weighted by Gasteiger charge is 2.23. The van der Waals surface area contributed by atoms with Crippen molar-refractivity contribution in [2.24, 2.45) is 5.41 Å². The number of thioether (sulfide) groups is 1. The van der Waals surface area contributed by atoms with Crippen LogP contribution in [0.4, 0.5) is 0 Å². The normalized spacial score (nSPS) is 21.4. The van der Waals surface area contributed by atoms with E-state index in [9.17, 15) is 0 Å². The van der Waals surface area contributed by atoms with Crippen LogP contribution in [0.3, 0.4) is 0 Å². The first-order chi connectivity index (χ1) is 6.04. The number of hydrogen-bond donors (Lipinski definition) is 1. The zero-order valence-corrected chi connectivity index (χ0v) is 10.6. The number of rotatable bonds is 1. The van der Waals surface area contributed by atoms with Gasteiger partial charge in [0.2, 0.25) is 0 Å². The van der Waals surface area contributed by atoms with Crippen molar-refractivity contribution < 1.29 is 0 Å². The molecule has 1 heterocycles. The van der Waals surface area contributed by atoms with Gasteiger partial charge in [0.05, 0.1) is 5.37 Å². The highest BCUT2D eigenvalue weighted by atomic mass is 32.2. The van der Waals surface area contributed by atoms with Crippen LogP contribution in [0.25, 0.3) is 0 Å². The number of hydrogen-bond acceptors (Lipinski definition) is 2. The Morgan fingerprint density at radius 2 is 1.92 bits per heavy atom. The summed E-state index contributed by atoms with van der Waals surface area (Å²) in [6.07, 6.45) is 1.20. The van der Waals surface area contributed by atoms with Gasteiger partial charge in [-0.3, -0.25) is 0 Å². The molecule has 1 rings (SSSR count). The van der Waals surface area contributed by atoms with E-state index in [2.05, 4.69) is 38.4 Å². The molecule has 0 aliphatic carbocycles.